The van der Waals surface area contributed by atoms with Gasteiger partial charge in [0.1, 0.15) is 12.0 Å². The van der Waals surface area contributed by atoms with Gasteiger partial charge < -0.3 is 10.4 Å². The average Bonchev–Trinajstić information content (AvgIpc) is 2.35. The summed E-state index contributed by atoms with van der Waals surface area (Å²) >= 11 is 0. The molecule has 1 aromatic carbocycles. The molecule has 2 N–H and O–H groups in total. The highest BCUT2D eigenvalue weighted by atomic mass is 16.6. The van der Waals surface area contributed by atoms with Gasteiger partial charge in [0.25, 0.3) is 5.69 Å². The van der Waals surface area contributed by atoms with Crippen molar-refractivity contribution in [3.8, 4) is 0 Å². The molecule has 6 heteroatoms. The molecule has 1 rings (SSSR count). The van der Waals surface area contributed by atoms with Gasteiger partial charge in [0.2, 0.25) is 0 Å². The molecule has 18 heavy (non-hydrogen) atoms. The largest absolute Gasteiger partial charge is 0.391 e. The molecule has 0 aliphatic carbocycles. The van der Waals surface area contributed by atoms with E-state index in [9.17, 15) is 20.0 Å². The van der Waals surface area contributed by atoms with E-state index in [4.69, 9.17) is 0 Å². The maximum absolute atomic E-state index is 10.9. The lowest BCUT2D eigenvalue weighted by molar-refractivity contribution is -0.384. The minimum absolute atomic E-state index is 0.0609. The standard InChI is InChI=1S/C12H16N2O4/c1-8(2)12(16)6-13-10-4-3-9(7-15)5-11(10)14(17)18/h3-5,7-8,12-13,16H,6H2,1-2H3. The Hall–Kier alpha value is -1.95. The lowest BCUT2D eigenvalue weighted by Crippen LogP contribution is -2.25. The van der Waals surface area contributed by atoms with E-state index < -0.39 is 11.0 Å². The number of nitrogens with one attached hydrogen (secondary N) is 1. The number of nitrogens with zero attached hydrogens (tertiary/aromatic N) is 1. The molecule has 98 valence electrons. The second-order valence-electron chi connectivity index (χ2n) is 4.34. The van der Waals surface area contributed by atoms with Crippen molar-refractivity contribution in [3.63, 3.8) is 0 Å². The number of benzene rings is 1. The van der Waals surface area contributed by atoms with Crippen molar-refractivity contribution in [2.45, 2.75) is 20.0 Å². The third-order valence-electron chi connectivity index (χ3n) is 2.63. The Morgan fingerprint density at radius 2 is 2.17 bits per heavy atom. The normalized spacial score (nSPS) is 12.2. The molecule has 1 unspecified atom stereocenters. The third-order valence-corrected chi connectivity index (χ3v) is 2.63. The van der Waals surface area contributed by atoms with Crippen LogP contribution in [0.3, 0.4) is 0 Å². The number of nitro benzene ring substituents is 1. The Morgan fingerprint density at radius 3 is 2.67 bits per heavy atom. The van der Waals surface area contributed by atoms with Gasteiger partial charge in [0.15, 0.2) is 0 Å². The zero-order valence-corrected chi connectivity index (χ0v) is 10.3. The molecule has 1 atom stereocenters. The van der Waals surface area contributed by atoms with Gasteiger partial charge in [-0.25, -0.2) is 0 Å². The van der Waals surface area contributed by atoms with Crippen LogP contribution in [0.4, 0.5) is 11.4 Å². The first kappa shape index (κ1) is 14.1. The van der Waals surface area contributed by atoms with Gasteiger partial charge >= 0.3 is 0 Å². The molecule has 0 radical (unpaired) electrons. The van der Waals surface area contributed by atoms with Gasteiger partial charge in [0, 0.05) is 18.2 Å². The second-order valence-corrected chi connectivity index (χ2v) is 4.34. The summed E-state index contributed by atoms with van der Waals surface area (Å²) < 4.78 is 0. The molecule has 0 heterocycles. The summed E-state index contributed by atoms with van der Waals surface area (Å²) in [7, 11) is 0. The Labute approximate surface area is 105 Å². The number of carbonyl (C=O) groups is 1. The van der Waals surface area contributed by atoms with Crippen LogP contribution in [0.1, 0.15) is 24.2 Å². The van der Waals surface area contributed by atoms with E-state index in [1.165, 1.54) is 18.2 Å². The van der Waals surface area contributed by atoms with Crippen molar-refractivity contribution in [2.75, 3.05) is 11.9 Å². The summed E-state index contributed by atoms with van der Waals surface area (Å²) in [6.45, 7) is 3.94. The van der Waals surface area contributed by atoms with Crippen LogP contribution < -0.4 is 5.32 Å². The summed E-state index contributed by atoms with van der Waals surface area (Å²) in [5.74, 6) is 0.0609. The number of aliphatic hydroxyl groups excluding tert-OH is 1. The average molecular weight is 252 g/mol. The van der Waals surface area contributed by atoms with E-state index in [1.54, 1.807) is 0 Å². The number of hydrogen-bond acceptors (Lipinski definition) is 5. The van der Waals surface area contributed by atoms with E-state index in [1.807, 2.05) is 13.8 Å². The van der Waals surface area contributed by atoms with Crippen molar-refractivity contribution < 1.29 is 14.8 Å². The molecule has 0 aromatic heterocycles. The number of nitro groups is 1. The first-order chi connectivity index (χ1) is 8.45. The van der Waals surface area contributed by atoms with Crippen LogP contribution in [0, 0.1) is 16.0 Å². The Bertz CT molecular complexity index is 446. The van der Waals surface area contributed by atoms with E-state index in [0.717, 1.165) is 0 Å². The number of hydrogen-bond donors (Lipinski definition) is 2. The zero-order valence-electron chi connectivity index (χ0n) is 10.3. The van der Waals surface area contributed by atoms with Crippen molar-refractivity contribution in [1.82, 2.24) is 0 Å². The molecule has 0 spiro atoms. The lowest BCUT2D eigenvalue weighted by Gasteiger charge is -2.15. The van der Waals surface area contributed by atoms with Gasteiger partial charge in [-0.1, -0.05) is 13.8 Å². The van der Waals surface area contributed by atoms with Crippen LogP contribution >= 0.6 is 0 Å². The maximum atomic E-state index is 10.9. The van der Waals surface area contributed by atoms with E-state index >= 15 is 0 Å². The number of carbonyl (C=O) groups excluding carboxylic acids is 1. The molecule has 0 saturated carbocycles. The first-order valence-electron chi connectivity index (χ1n) is 5.61. The first-order valence-corrected chi connectivity index (χ1v) is 5.61. The van der Waals surface area contributed by atoms with Gasteiger partial charge in [-0.15, -0.1) is 0 Å². The SMILES string of the molecule is CC(C)C(O)CNc1ccc(C=O)cc1[N+](=O)[O-]. The van der Waals surface area contributed by atoms with Gasteiger partial charge in [-0.2, -0.15) is 0 Å². The fourth-order valence-electron chi connectivity index (χ4n) is 1.37. The molecule has 0 aliphatic rings. The Kier molecular flexibility index (Phi) is 4.79. The van der Waals surface area contributed by atoms with Crippen LogP contribution in [-0.2, 0) is 0 Å². The minimum Gasteiger partial charge on any atom is -0.391 e. The molecule has 0 bridgehead atoms. The van der Waals surface area contributed by atoms with Crippen molar-refractivity contribution in [2.24, 2.45) is 5.92 Å². The molecule has 1 aromatic rings. The number of anilines is 1. The highest BCUT2D eigenvalue weighted by Crippen LogP contribution is 2.25. The van der Waals surface area contributed by atoms with Gasteiger partial charge in [0.05, 0.1) is 11.0 Å². The monoisotopic (exact) mass is 252 g/mol. The fraction of sp³-hybridized carbons (Fsp3) is 0.417. The Morgan fingerprint density at radius 1 is 1.50 bits per heavy atom. The summed E-state index contributed by atoms with van der Waals surface area (Å²) in [4.78, 5) is 20.9. The molecule has 0 amide bonds. The van der Waals surface area contributed by atoms with E-state index in [2.05, 4.69) is 5.32 Å². The molecule has 6 nitrogen and oxygen atoms in total. The fourth-order valence-corrected chi connectivity index (χ4v) is 1.37. The van der Waals surface area contributed by atoms with Crippen LogP contribution in [0.2, 0.25) is 0 Å². The summed E-state index contributed by atoms with van der Waals surface area (Å²) in [5.41, 5.74) is 0.373. The number of rotatable bonds is 6. The van der Waals surface area contributed by atoms with Crippen molar-refractivity contribution >= 4 is 17.7 Å². The molecular formula is C12H16N2O4. The van der Waals surface area contributed by atoms with Gasteiger partial charge in [-0.3, -0.25) is 14.9 Å². The molecular weight excluding hydrogens is 236 g/mol. The van der Waals surface area contributed by atoms with Crippen molar-refractivity contribution in [1.29, 1.82) is 0 Å². The minimum atomic E-state index is -0.588. The topological polar surface area (TPSA) is 92.5 Å². The Balaban J connectivity index is 2.88. The van der Waals surface area contributed by atoms with Crippen molar-refractivity contribution in [3.05, 3.63) is 33.9 Å². The predicted octanol–water partition coefficient (Wildman–Crippen LogP) is 1.84. The molecule has 0 fully saturated rings. The van der Waals surface area contributed by atoms with E-state index in [-0.39, 0.29) is 23.7 Å². The molecule has 0 aliphatic heterocycles. The molecule has 0 saturated heterocycles. The predicted molar refractivity (Wildman–Crippen MR) is 67.8 cm³/mol. The highest BCUT2D eigenvalue weighted by Gasteiger charge is 2.16. The maximum Gasteiger partial charge on any atom is 0.293 e. The lowest BCUT2D eigenvalue weighted by atomic mass is 10.1. The number of aliphatic hydroxyl groups is 1. The summed E-state index contributed by atoms with van der Waals surface area (Å²) in [6, 6.07) is 4.16. The third kappa shape index (κ3) is 3.53. The van der Waals surface area contributed by atoms with Crippen LogP contribution in [0.15, 0.2) is 18.2 Å². The smallest absolute Gasteiger partial charge is 0.293 e. The van der Waals surface area contributed by atoms with Crippen LogP contribution in [0.5, 0.6) is 0 Å². The summed E-state index contributed by atoms with van der Waals surface area (Å²) in [6.07, 6.45) is -0.0323. The van der Waals surface area contributed by atoms with Crippen LogP contribution in [-0.4, -0.2) is 29.0 Å². The zero-order chi connectivity index (χ0) is 13.7. The van der Waals surface area contributed by atoms with Gasteiger partial charge in [-0.05, 0) is 18.1 Å². The van der Waals surface area contributed by atoms with Crippen LogP contribution in [0.25, 0.3) is 0 Å². The highest BCUT2D eigenvalue weighted by molar-refractivity contribution is 5.79. The number of aldehydes is 1. The quantitative estimate of drug-likeness (QED) is 0.458. The second kappa shape index (κ2) is 6.11. The summed E-state index contributed by atoms with van der Waals surface area (Å²) in [5, 5.41) is 23.3. The van der Waals surface area contributed by atoms with E-state index in [0.29, 0.717) is 12.0 Å².